The monoisotopic (exact) mass is 357 g/mol. The lowest BCUT2D eigenvalue weighted by Gasteiger charge is -2.29. The Morgan fingerprint density at radius 3 is 1.85 bits per heavy atom. The van der Waals surface area contributed by atoms with E-state index >= 15 is 0 Å². The number of hydrogen-bond acceptors (Lipinski definition) is 2. The number of carbonyl (C=O) groups excluding carboxylic acids is 1. The van der Waals surface area contributed by atoms with Crippen molar-refractivity contribution in [2.45, 2.75) is 12.8 Å². The van der Waals surface area contributed by atoms with Crippen molar-refractivity contribution in [3.8, 4) is 0 Å². The Kier molecular flexibility index (Phi) is 6.20. The standard InChI is InChI=1S/C25H27NO/c1-19-14-16-21(17-15-19)24(20-10-6-4-7-11-20)23(18-26(2)3)25(27)22-12-8-5-9-13-22/h4-17,23-24H,18H2,1-3H3/t23-,24+/m1/s1. The second kappa shape index (κ2) is 8.79. The molecule has 3 rings (SSSR count). The van der Waals surface area contributed by atoms with Crippen LogP contribution in [0.5, 0.6) is 0 Å². The maximum absolute atomic E-state index is 13.5. The number of ketones is 1. The van der Waals surface area contributed by atoms with Gasteiger partial charge in [-0.2, -0.15) is 0 Å². The molecule has 2 nitrogen and oxygen atoms in total. The molecule has 0 bridgehead atoms. The number of nitrogens with zero attached hydrogens (tertiary/aromatic N) is 1. The van der Waals surface area contributed by atoms with Crippen molar-refractivity contribution in [1.29, 1.82) is 0 Å². The van der Waals surface area contributed by atoms with Gasteiger partial charge in [-0.25, -0.2) is 0 Å². The molecule has 0 spiro atoms. The summed E-state index contributed by atoms with van der Waals surface area (Å²) in [5.41, 5.74) is 4.36. The topological polar surface area (TPSA) is 20.3 Å². The highest BCUT2D eigenvalue weighted by atomic mass is 16.1. The fourth-order valence-corrected chi connectivity index (χ4v) is 3.64. The van der Waals surface area contributed by atoms with Crippen LogP contribution >= 0.6 is 0 Å². The summed E-state index contributed by atoms with van der Waals surface area (Å²) in [4.78, 5) is 15.6. The first-order chi connectivity index (χ1) is 13.1. The molecule has 0 aliphatic carbocycles. The van der Waals surface area contributed by atoms with Gasteiger partial charge in [0.05, 0.1) is 0 Å². The van der Waals surface area contributed by atoms with Gasteiger partial charge in [-0.3, -0.25) is 4.79 Å². The number of hydrogen-bond donors (Lipinski definition) is 0. The molecule has 0 saturated heterocycles. The van der Waals surface area contributed by atoms with E-state index in [1.165, 1.54) is 16.7 Å². The highest BCUT2D eigenvalue weighted by molar-refractivity contribution is 5.98. The molecule has 3 aromatic carbocycles. The van der Waals surface area contributed by atoms with Gasteiger partial charge in [-0.15, -0.1) is 0 Å². The van der Waals surface area contributed by atoms with Gasteiger partial charge in [0.2, 0.25) is 0 Å². The molecule has 0 aliphatic rings. The highest BCUT2D eigenvalue weighted by Crippen LogP contribution is 2.35. The lowest BCUT2D eigenvalue weighted by atomic mass is 9.76. The first-order valence-corrected chi connectivity index (χ1v) is 9.42. The summed E-state index contributed by atoms with van der Waals surface area (Å²) < 4.78 is 0. The van der Waals surface area contributed by atoms with Crippen molar-refractivity contribution >= 4 is 5.78 Å². The van der Waals surface area contributed by atoms with Crippen LogP contribution in [0.15, 0.2) is 84.9 Å². The molecule has 0 amide bonds. The molecule has 2 atom stereocenters. The van der Waals surface area contributed by atoms with E-state index in [4.69, 9.17) is 0 Å². The fourth-order valence-electron chi connectivity index (χ4n) is 3.64. The van der Waals surface area contributed by atoms with Gasteiger partial charge in [0.25, 0.3) is 0 Å². The maximum atomic E-state index is 13.5. The Hall–Kier alpha value is -2.71. The predicted octanol–water partition coefficient (Wildman–Crippen LogP) is 5.19. The molecule has 2 heteroatoms. The Balaban J connectivity index is 2.10. The molecule has 138 valence electrons. The van der Waals surface area contributed by atoms with Crippen molar-refractivity contribution in [2.75, 3.05) is 20.6 Å². The lowest BCUT2D eigenvalue weighted by Crippen LogP contribution is -2.33. The summed E-state index contributed by atoms with van der Waals surface area (Å²) in [6, 6.07) is 28.6. The van der Waals surface area contributed by atoms with Gasteiger partial charge in [-0.1, -0.05) is 90.5 Å². The molecule has 0 aromatic heterocycles. The van der Waals surface area contributed by atoms with E-state index in [0.717, 1.165) is 5.56 Å². The van der Waals surface area contributed by atoms with Gasteiger partial charge in [-0.05, 0) is 32.1 Å². The predicted molar refractivity (Wildman–Crippen MR) is 112 cm³/mol. The molecular weight excluding hydrogens is 330 g/mol. The minimum atomic E-state index is -0.160. The van der Waals surface area contributed by atoms with Crippen LogP contribution in [-0.4, -0.2) is 31.3 Å². The molecule has 0 radical (unpaired) electrons. The second-order valence-electron chi connectivity index (χ2n) is 7.40. The molecule has 0 heterocycles. The summed E-state index contributed by atoms with van der Waals surface area (Å²) in [5.74, 6) is 0.0492. The largest absolute Gasteiger partial charge is 0.309 e. The zero-order valence-electron chi connectivity index (χ0n) is 16.3. The molecule has 0 unspecified atom stereocenters. The van der Waals surface area contributed by atoms with E-state index in [9.17, 15) is 4.79 Å². The average Bonchev–Trinajstić information content (AvgIpc) is 2.69. The van der Waals surface area contributed by atoms with E-state index in [1.807, 2.05) is 50.5 Å². The lowest BCUT2D eigenvalue weighted by molar-refractivity contribution is 0.0883. The minimum Gasteiger partial charge on any atom is -0.309 e. The number of aryl methyl sites for hydroxylation is 1. The average molecular weight is 357 g/mol. The molecule has 0 fully saturated rings. The quantitative estimate of drug-likeness (QED) is 0.543. The van der Waals surface area contributed by atoms with Crippen molar-refractivity contribution in [2.24, 2.45) is 5.92 Å². The third kappa shape index (κ3) is 4.72. The SMILES string of the molecule is Cc1ccc([C@H](c2ccccc2)[C@@H](CN(C)C)C(=O)c2ccccc2)cc1. The number of Topliss-reactive ketones (excluding diaryl/α,β-unsaturated/α-hetero) is 1. The molecule has 0 N–H and O–H groups in total. The van der Waals surface area contributed by atoms with Crippen molar-refractivity contribution in [3.63, 3.8) is 0 Å². The van der Waals surface area contributed by atoms with Crippen LogP contribution in [0.3, 0.4) is 0 Å². The Morgan fingerprint density at radius 2 is 1.30 bits per heavy atom. The van der Waals surface area contributed by atoms with Crippen LogP contribution in [0.2, 0.25) is 0 Å². The van der Waals surface area contributed by atoms with Crippen LogP contribution in [-0.2, 0) is 0 Å². The first-order valence-electron chi connectivity index (χ1n) is 9.42. The van der Waals surface area contributed by atoms with E-state index < -0.39 is 0 Å². The van der Waals surface area contributed by atoms with Gasteiger partial charge >= 0.3 is 0 Å². The minimum absolute atomic E-state index is 0.0157. The summed E-state index contributed by atoms with van der Waals surface area (Å²) >= 11 is 0. The van der Waals surface area contributed by atoms with Crippen LogP contribution in [0.25, 0.3) is 0 Å². The summed E-state index contributed by atoms with van der Waals surface area (Å²) in [6.07, 6.45) is 0. The first kappa shape index (κ1) is 19.1. The number of benzene rings is 3. The Labute approximate surface area is 162 Å². The third-order valence-corrected chi connectivity index (χ3v) is 4.95. The maximum Gasteiger partial charge on any atom is 0.168 e. The van der Waals surface area contributed by atoms with Crippen LogP contribution in [0, 0.1) is 12.8 Å². The van der Waals surface area contributed by atoms with E-state index in [-0.39, 0.29) is 17.6 Å². The summed E-state index contributed by atoms with van der Waals surface area (Å²) in [5, 5.41) is 0. The molecule has 27 heavy (non-hydrogen) atoms. The van der Waals surface area contributed by atoms with E-state index in [1.54, 1.807) is 0 Å². The third-order valence-electron chi connectivity index (χ3n) is 4.95. The second-order valence-corrected chi connectivity index (χ2v) is 7.40. The Morgan fingerprint density at radius 1 is 0.778 bits per heavy atom. The molecular formula is C25H27NO. The van der Waals surface area contributed by atoms with Crippen LogP contribution < -0.4 is 0 Å². The van der Waals surface area contributed by atoms with Crippen molar-refractivity contribution in [1.82, 2.24) is 4.90 Å². The van der Waals surface area contributed by atoms with Crippen LogP contribution in [0.4, 0.5) is 0 Å². The summed E-state index contributed by atoms with van der Waals surface area (Å²) in [6.45, 7) is 2.79. The fraction of sp³-hybridized carbons (Fsp3) is 0.240. The number of rotatable bonds is 7. The van der Waals surface area contributed by atoms with Crippen LogP contribution in [0.1, 0.15) is 33.0 Å². The highest BCUT2D eigenvalue weighted by Gasteiger charge is 2.32. The number of carbonyl (C=O) groups is 1. The van der Waals surface area contributed by atoms with E-state index in [0.29, 0.717) is 6.54 Å². The zero-order chi connectivity index (χ0) is 19.2. The van der Waals surface area contributed by atoms with Gasteiger partial charge in [0, 0.05) is 23.9 Å². The molecule has 3 aromatic rings. The summed E-state index contributed by atoms with van der Waals surface area (Å²) in [7, 11) is 4.06. The normalized spacial score (nSPS) is 13.3. The Bertz CT molecular complexity index is 854. The molecule has 0 aliphatic heterocycles. The van der Waals surface area contributed by atoms with Gasteiger partial charge < -0.3 is 4.90 Å². The van der Waals surface area contributed by atoms with Crippen molar-refractivity contribution < 1.29 is 4.79 Å². The van der Waals surface area contributed by atoms with Gasteiger partial charge in [0.1, 0.15) is 0 Å². The van der Waals surface area contributed by atoms with Crippen molar-refractivity contribution in [3.05, 3.63) is 107 Å². The smallest absolute Gasteiger partial charge is 0.168 e. The zero-order valence-corrected chi connectivity index (χ0v) is 16.3. The van der Waals surface area contributed by atoms with Gasteiger partial charge in [0.15, 0.2) is 5.78 Å². The molecule has 0 saturated carbocycles. The van der Waals surface area contributed by atoms with E-state index in [2.05, 4.69) is 60.4 Å².